The van der Waals surface area contributed by atoms with Crippen molar-refractivity contribution in [3.63, 3.8) is 0 Å². The Balaban J connectivity index is 3.35. The third-order valence-corrected chi connectivity index (χ3v) is 8.42. The zero-order chi connectivity index (χ0) is 15.1. The molecule has 0 aliphatic heterocycles. The molecule has 0 saturated carbocycles. The normalized spacial score (nSPS) is 14.4. The number of halogens is 2. The zero-order valence-electron chi connectivity index (χ0n) is 13.8. The number of rotatable bonds is 15. The van der Waals surface area contributed by atoms with Crippen molar-refractivity contribution >= 4 is 45.2 Å². The lowest BCUT2D eigenvalue weighted by atomic mass is 10.0. The van der Waals surface area contributed by atoms with E-state index in [1.165, 1.54) is 89.9 Å². The molecule has 2 unspecified atom stereocenters. The number of unbranched alkanes of at least 4 members (excludes halogenated alkanes) is 10. The molecule has 122 valence electrons. The van der Waals surface area contributed by atoms with Crippen molar-refractivity contribution in [3.8, 4) is 0 Å². The maximum atomic E-state index is 2.70. The van der Waals surface area contributed by atoms with Crippen LogP contribution in [0, 0.1) is 0 Å². The van der Waals surface area contributed by atoms with E-state index in [1.54, 1.807) is 0 Å². The van der Waals surface area contributed by atoms with E-state index in [2.05, 4.69) is 59.0 Å². The Morgan fingerprint density at radius 2 is 0.800 bits per heavy atom. The first-order chi connectivity index (χ1) is 9.72. The van der Waals surface area contributed by atoms with Gasteiger partial charge in [-0.25, -0.2) is 0 Å². The molecule has 0 spiro atoms. The van der Waals surface area contributed by atoms with Crippen molar-refractivity contribution < 1.29 is 0 Å². The fraction of sp³-hybridized carbons (Fsp3) is 1.00. The van der Waals surface area contributed by atoms with Crippen LogP contribution in [0.4, 0.5) is 0 Å². The van der Waals surface area contributed by atoms with Gasteiger partial charge < -0.3 is 0 Å². The van der Waals surface area contributed by atoms with E-state index in [0.717, 1.165) is 7.85 Å². The molecule has 0 N–H and O–H groups in total. The SMILES string of the molecule is CCCCCCCCC(I)C(I)CCCCCCCC. The minimum atomic E-state index is 0.898. The fourth-order valence-electron chi connectivity index (χ4n) is 2.60. The van der Waals surface area contributed by atoms with Gasteiger partial charge in [0.1, 0.15) is 0 Å². The second-order valence-corrected chi connectivity index (χ2v) is 9.34. The molecule has 0 radical (unpaired) electrons. The lowest BCUT2D eigenvalue weighted by molar-refractivity contribution is 0.557. The molecule has 0 aliphatic rings. The van der Waals surface area contributed by atoms with Crippen molar-refractivity contribution in [2.24, 2.45) is 0 Å². The summed E-state index contributed by atoms with van der Waals surface area (Å²) in [6.45, 7) is 4.59. The van der Waals surface area contributed by atoms with E-state index >= 15 is 0 Å². The number of alkyl halides is 2. The summed E-state index contributed by atoms with van der Waals surface area (Å²) in [5.74, 6) is 0. The highest BCUT2D eigenvalue weighted by atomic mass is 127. The lowest BCUT2D eigenvalue weighted by Gasteiger charge is -2.16. The average molecular weight is 506 g/mol. The summed E-state index contributed by atoms with van der Waals surface area (Å²) in [5.41, 5.74) is 0. The number of hydrogen-bond donors (Lipinski definition) is 0. The molecule has 0 aromatic rings. The largest absolute Gasteiger partial charge is 0.0815 e. The fourth-order valence-corrected chi connectivity index (χ4v) is 4.20. The second-order valence-electron chi connectivity index (χ2n) is 6.14. The first-order valence-corrected chi connectivity index (χ1v) is 11.5. The maximum Gasteiger partial charge on any atom is 0.0227 e. The summed E-state index contributed by atoms with van der Waals surface area (Å²) in [6.07, 6.45) is 20.1. The highest BCUT2D eigenvalue weighted by Gasteiger charge is 2.14. The van der Waals surface area contributed by atoms with E-state index in [9.17, 15) is 0 Å². The van der Waals surface area contributed by atoms with Crippen LogP contribution in [0.3, 0.4) is 0 Å². The smallest absolute Gasteiger partial charge is 0.0227 e. The van der Waals surface area contributed by atoms with Crippen molar-refractivity contribution in [2.45, 2.75) is 112 Å². The first-order valence-electron chi connectivity index (χ1n) is 9.00. The van der Waals surface area contributed by atoms with Gasteiger partial charge in [-0.2, -0.15) is 0 Å². The predicted molar refractivity (Wildman–Crippen MR) is 112 cm³/mol. The van der Waals surface area contributed by atoms with Gasteiger partial charge >= 0.3 is 0 Å². The van der Waals surface area contributed by atoms with E-state index in [0.29, 0.717) is 0 Å². The molecule has 0 rings (SSSR count). The molecule has 0 saturated heterocycles. The van der Waals surface area contributed by atoms with E-state index in [1.807, 2.05) is 0 Å². The molecule has 20 heavy (non-hydrogen) atoms. The van der Waals surface area contributed by atoms with Gasteiger partial charge in [0.25, 0.3) is 0 Å². The molecule has 0 aliphatic carbocycles. The summed E-state index contributed by atoms with van der Waals surface area (Å²) < 4.78 is 1.80. The van der Waals surface area contributed by atoms with Crippen LogP contribution in [0.25, 0.3) is 0 Å². The van der Waals surface area contributed by atoms with Gasteiger partial charge in [-0.3, -0.25) is 0 Å². The minimum absolute atomic E-state index is 0.898. The maximum absolute atomic E-state index is 2.70. The number of hydrogen-bond acceptors (Lipinski definition) is 0. The summed E-state index contributed by atoms with van der Waals surface area (Å²) in [4.78, 5) is 0. The van der Waals surface area contributed by atoms with Crippen LogP contribution in [0.1, 0.15) is 104 Å². The lowest BCUT2D eigenvalue weighted by Crippen LogP contribution is -2.13. The molecule has 0 fully saturated rings. The molecule has 0 bridgehead atoms. The van der Waals surface area contributed by atoms with Gasteiger partial charge in [-0.15, -0.1) is 0 Å². The molecule has 0 aromatic heterocycles. The van der Waals surface area contributed by atoms with Crippen LogP contribution in [0.5, 0.6) is 0 Å². The predicted octanol–water partition coefficient (Wildman–Crippen LogP) is 8.09. The monoisotopic (exact) mass is 506 g/mol. The molecule has 0 heterocycles. The van der Waals surface area contributed by atoms with Crippen LogP contribution in [-0.2, 0) is 0 Å². The van der Waals surface area contributed by atoms with Gasteiger partial charge in [0.15, 0.2) is 0 Å². The highest BCUT2D eigenvalue weighted by Crippen LogP contribution is 2.26. The summed E-state index contributed by atoms with van der Waals surface area (Å²) in [7, 11) is 0. The zero-order valence-corrected chi connectivity index (χ0v) is 18.1. The van der Waals surface area contributed by atoms with E-state index in [4.69, 9.17) is 0 Å². The van der Waals surface area contributed by atoms with Crippen LogP contribution >= 0.6 is 45.2 Å². The summed E-state index contributed by atoms with van der Waals surface area (Å²) in [6, 6.07) is 0. The Morgan fingerprint density at radius 1 is 0.500 bits per heavy atom. The quantitative estimate of drug-likeness (QED) is 0.120. The van der Waals surface area contributed by atoms with Gasteiger partial charge in [-0.05, 0) is 12.8 Å². The topological polar surface area (TPSA) is 0 Å². The van der Waals surface area contributed by atoms with Gasteiger partial charge in [0.2, 0.25) is 0 Å². The minimum Gasteiger partial charge on any atom is -0.0815 e. The van der Waals surface area contributed by atoms with E-state index < -0.39 is 0 Å². The molecule has 0 amide bonds. The van der Waals surface area contributed by atoms with Gasteiger partial charge in [-0.1, -0.05) is 136 Å². The van der Waals surface area contributed by atoms with Gasteiger partial charge in [0.05, 0.1) is 0 Å². The van der Waals surface area contributed by atoms with Crippen molar-refractivity contribution in [3.05, 3.63) is 0 Å². The average Bonchev–Trinajstić information content (AvgIpc) is 2.45. The summed E-state index contributed by atoms with van der Waals surface area (Å²) in [5, 5.41) is 0. The van der Waals surface area contributed by atoms with Crippen LogP contribution < -0.4 is 0 Å². The van der Waals surface area contributed by atoms with Crippen LogP contribution in [0.15, 0.2) is 0 Å². The standard InChI is InChI=1S/C18H36I2/c1-3-5-7-9-11-13-15-17(19)18(20)16-14-12-10-8-6-4-2/h17-18H,3-16H2,1-2H3. The Kier molecular flexibility index (Phi) is 18.1. The Morgan fingerprint density at radius 3 is 1.15 bits per heavy atom. The van der Waals surface area contributed by atoms with Crippen molar-refractivity contribution in [1.29, 1.82) is 0 Å². The molecule has 0 nitrogen and oxygen atoms in total. The Hall–Kier alpha value is 1.46. The summed E-state index contributed by atoms with van der Waals surface area (Å²) >= 11 is 5.41. The highest BCUT2D eigenvalue weighted by molar-refractivity contribution is 14.1. The molecule has 2 heteroatoms. The van der Waals surface area contributed by atoms with Gasteiger partial charge in [0, 0.05) is 7.85 Å². The Labute approximate surface area is 155 Å². The third kappa shape index (κ3) is 14.4. The van der Waals surface area contributed by atoms with E-state index in [-0.39, 0.29) is 0 Å². The third-order valence-electron chi connectivity index (χ3n) is 4.06. The first kappa shape index (κ1) is 21.5. The molecule has 2 atom stereocenters. The Bertz CT molecular complexity index is 162. The second kappa shape index (κ2) is 16.8. The van der Waals surface area contributed by atoms with Crippen molar-refractivity contribution in [2.75, 3.05) is 0 Å². The molecular formula is C18H36I2. The van der Waals surface area contributed by atoms with Crippen LogP contribution in [-0.4, -0.2) is 7.85 Å². The van der Waals surface area contributed by atoms with Crippen molar-refractivity contribution in [1.82, 2.24) is 0 Å². The molecular weight excluding hydrogens is 470 g/mol. The molecule has 0 aromatic carbocycles. The van der Waals surface area contributed by atoms with Crippen LogP contribution in [0.2, 0.25) is 0 Å².